The van der Waals surface area contributed by atoms with Crippen LogP contribution in [-0.4, -0.2) is 18.9 Å². The molecule has 13 heavy (non-hydrogen) atoms. The first-order chi connectivity index (χ1) is 5.46. The predicted molar refractivity (Wildman–Crippen MR) is 55.4 cm³/mol. The van der Waals surface area contributed by atoms with E-state index < -0.39 is 14.6 Å². The van der Waals surface area contributed by atoms with E-state index >= 15 is 0 Å². The molecule has 1 heterocycles. The quantitative estimate of drug-likeness (QED) is 0.606. The van der Waals surface area contributed by atoms with Crippen LogP contribution < -0.4 is 0 Å². The molecule has 2 nitrogen and oxygen atoms in total. The highest BCUT2D eigenvalue weighted by atomic mass is 32.2. The molecule has 0 bridgehead atoms. The van der Waals surface area contributed by atoms with Crippen LogP contribution in [0.2, 0.25) is 0 Å². The van der Waals surface area contributed by atoms with E-state index in [-0.39, 0.29) is 10.8 Å². The van der Waals surface area contributed by atoms with Crippen LogP contribution in [-0.2, 0) is 9.84 Å². The Labute approximate surface area is 81.6 Å². The molecule has 0 unspecified atom stereocenters. The fourth-order valence-corrected chi connectivity index (χ4v) is 4.77. The molecule has 0 saturated carbocycles. The minimum absolute atomic E-state index is 0.130. The highest BCUT2D eigenvalue weighted by molar-refractivity contribution is 7.93. The van der Waals surface area contributed by atoms with Gasteiger partial charge in [-0.15, -0.1) is 0 Å². The summed E-state index contributed by atoms with van der Waals surface area (Å²) in [6, 6.07) is 0. The fraction of sp³-hybridized carbons (Fsp3) is 1.00. The van der Waals surface area contributed by atoms with Crippen molar-refractivity contribution in [3.05, 3.63) is 0 Å². The minimum atomic E-state index is -2.94. The lowest BCUT2D eigenvalue weighted by atomic mass is 9.63. The molecule has 0 aromatic rings. The number of hydrogen-bond donors (Lipinski definition) is 0. The molecule has 1 rings (SSSR count). The Kier molecular flexibility index (Phi) is 1.95. The Hall–Kier alpha value is -0.0500. The summed E-state index contributed by atoms with van der Waals surface area (Å²) >= 11 is 0. The normalized spacial score (nSPS) is 33.1. The molecule has 0 spiro atoms. The summed E-state index contributed by atoms with van der Waals surface area (Å²) in [7, 11) is -2.94. The third-order valence-electron chi connectivity index (χ3n) is 4.53. The molecule has 0 atom stereocenters. The summed E-state index contributed by atoms with van der Waals surface area (Å²) in [4.78, 5) is 0. The standard InChI is InChI=1S/C10H20O2S/c1-8(2)7-13(11,12)10(5,6)9(8,3)4/h7H2,1-6H3. The van der Waals surface area contributed by atoms with Crippen LogP contribution in [0.3, 0.4) is 0 Å². The molecule has 0 aliphatic carbocycles. The smallest absolute Gasteiger partial charge is 0.156 e. The lowest BCUT2D eigenvalue weighted by molar-refractivity contribution is 0.116. The van der Waals surface area contributed by atoms with E-state index in [1.165, 1.54) is 0 Å². The van der Waals surface area contributed by atoms with Gasteiger partial charge in [0.25, 0.3) is 0 Å². The van der Waals surface area contributed by atoms with Crippen LogP contribution in [0.15, 0.2) is 0 Å². The van der Waals surface area contributed by atoms with Crippen LogP contribution in [0.5, 0.6) is 0 Å². The van der Waals surface area contributed by atoms with Crippen LogP contribution in [0.4, 0.5) is 0 Å². The van der Waals surface area contributed by atoms with E-state index in [2.05, 4.69) is 13.8 Å². The van der Waals surface area contributed by atoms with Crippen LogP contribution in [0, 0.1) is 10.8 Å². The van der Waals surface area contributed by atoms with Gasteiger partial charge in [0.15, 0.2) is 9.84 Å². The molecule has 1 aliphatic rings. The maximum atomic E-state index is 11.9. The van der Waals surface area contributed by atoms with Crippen molar-refractivity contribution in [2.45, 2.75) is 46.3 Å². The lowest BCUT2D eigenvalue weighted by Crippen LogP contribution is -2.44. The van der Waals surface area contributed by atoms with Crippen molar-refractivity contribution in [1.82, 2.24) is 0 Å². The zero-order valence-electron chi connectivity index (χ0n) is 9.43. The maximum Gasteiger partial charge on any atom is 0.156 e. The third kappa shape index (κ3) is 1.09. The molecule has 1 aliphatic heterocycles. The van der Waals surface area contributed by atoms with Gasteiger partial charge in [-0.25, -0.2) is 8.42 Å². The highest BCUT2D eigenvalue weighted by Crippen LogP contribution is 2.57. The molecule has 1 saturated heterocycles. The molecule has 1 fully saturated rings. The Morgan fingerprint density at radius 1 is 0.923 bits per heavy atom. The van der Waals surface area contributed by atoms with Crippen molar-refractivity contribution in [2.75, 3.05) is 5.75 Å². The van der Waals surface area contributed by atoms with Crippen molar-refractivity contribution in [3.63, 3.8) is 0 Å². The molecule has 78 valence electrons. The molecular weight excluding hydrogens is 184 g/mol. The maximum absolute atomic E-state index is 11.9. The van der Waals surface area contributed by atoms with Gasteiger partial charge in [0.1, 0.15) is 0 Å². The van der Waals surface area contributed by atoms with Gasteiger partial charge in [0.05, 0.1) is 10.5 Å². The molecule has 0 aromatic carbocycles. The zero-order chi connectivity index (χ0) is 10.7. The monoisotopic (exact) mass is 204 g/mol. The van der Waals surface area contributed by atoms with Gasteiger partial charge in [0.2, 0.25) is 0 Å². The van der Waals surface area contributed by atoms with Gasteiger partial charge >= 0.3 is 0 Å². The average Bonchev–Trinajstić information content (AvgIpc) is 1.88. The van der Waals surface area contributed by atoms with Crippen molar-refractivity contribution in [3.8, 4) is 0 Å². The average molecular weight is 204 g/mol. The first kappa shape index (κ1) is 11.0. The van der Waals surface area contributed by atoms with Crippen LogP contribution >= 0.6 is 0 Å². The number of sulfone groups is 1. The minimum Gasteiger partial charge on any atom is -0.228 e. The second kappa shape index (κ2) is 2.30. The molecule has 0 N–H and O–H groups in total. The van der Waals surface area contributed by atoms with Crippen molar-refractivity contribution >= 4 is 9.84 Å². The van der Waals surface area contributed by atoms with E-state index in [0.29, 0.717) is 5.75 Å². The second-order valence-corrected chi connectivity index (χ2v) is 8.32. The van der Waals surface area contributed by atoms with E-state index in [0.717, 1.165) is 0 Å². The van der Waals surface area contributed by atoms with Gasteiger partial charge in [0, 0.05) is 0 Å². The van der Waals surface area contributed by atoms with Crippen LogP contribution in [0.1, 0.15) is 41.5 Å². The van der Waals surface area contributed by atoms with Crippen molar-refractivity contribution in [1.29, 1.82) is 0 Å². The van der Waals surface area contributed by atoms with Gasteiger partial charge in [-0.2, -0.15) is 0 Å². The summed E-state index contributed by atoms with van der Waals surface area (Å²) in [5.41, 5.74) is -0.297. The summed E-state index contributed by atoms with van der Waals surface area (Å²) in [6.45, 7) is 11.9. The second-order valence-electron chi connectivity index (χ2n) is 5.78. The van der Waals surface area contributed by atoms with E-state index in [4.69, 9.17) is 0 Å². The van der Waals surface area contributed by atoms with Crippen LogP contribution in [0.25, 0.3) is 0 Å². The molecule has 3 heteroatoms. The van der Waals surface area contributed by atoms with Gasteiger partial charge in [-0.1, -0.05) is 27.7 Å². The van der Waals surface area contributed by atoms with Crippen molar-refractivity contribution in [2.24, 2.45) is 10.8 Å². The summed E-state index contributed by atoms with van der Waals surface area (Å²) in [5.74, 6) is 0.306. The van der Waals surface area contributed by atoms with E-state index in [1.807, 2.05) is 27.7 Å². The first-order valence-electron chi connectivity index (χ1n) is 4.68. The number of hydrogen-bond acceptors (Lipinski definition) is 2. The van der Waals surface area contributed by atoms with Crippen molar-refractivity contribution < 1.29 is 8.42 Å². The van der Waals surface area contributed by atoms with Gasteiger partial charge in [-0.3, -0.25) is 0 Å². The zero-order valence-corrected chi connectivity index (χ0v) is 10.2. The van der Waals surface area contributed by atoms with E-state index in [9.17, 15) is 8.42 Å². The Morgan fingerprint density at radius 2 is 1.31 bits per heavy atom. The molecule has 0 radical (unpaired) electrons. The summed E-state index contributed by atoms with van der Waals surface area (Å²) in [6.07, 6.45) is 0. The van der Waals surface area contributed by atoms with Gasteiger partial charge in [-0.05, 0) is 24.7 Å². The van der Waals surface area contributed by atoms with Gasteiger partial charge < -0.3 is 0 Å². The summed E-state index contributed by atoms with van der Waals surface area (Å²) in [5, 5.41) is 0. The topological polar surface area (TPSA) is 34.1 Å². The molecule has 0 aromatic heterocycles. The molecule has 0 amide bonds. The largest absolute Gasteiger partial charge is 0.228 e. The Morgan fingerprint density at radius 3 is 1.38 bits per heavy atom. The molecular formula is C10H20O2S. The SMILES string of the molecule is CC1(C)CS(=O)(=O)C(C)(C)C1(C)C. The van der Waals surface area contributed by atoms with E-state index in [1.54, 1.807) is 0 Å². The predicted octanol–water partition coefficient (Wildman–Crippen LogP) is 2.25. The first-order valence-corrected chi connectivity index (χ1v) is 6.33. The highest BCUT2D eigenvalue weighted by Gasteiger charge is 2.62. The lowest BCUT2D eigenvalue weighted by Gasteiger charge is -2.41. The Bertz CT molecular complexity index is 321. The number of rotatable bonds is 0. The Balaban J connectivity index is 3.42. The fourth-order valence-electron chi connectivity index (χ4n) is 2.04. The third-order valence-corrected chi connectivity index (χ3v) is 7.69. The summed E-state index contributed by atoms with van der Waals surface area (Å²) < 4.78 is 23.2.